The van der Waals surface area contributed by atoms with E-state index < -0.39 is 0 Å². The highest BCUT2D eigenvalue weighted by Crippen LogP contribution is 2.24. The molecule has 1 saturated heterocycles. The van der Waals surface area contributed by atoms with Gasteiger partial charge in [0.25, 0.3) is 0 Å². The number of hydrogen-bond donors (Lipinski definition) is 1. The molecule has 2 heterocycles. The Bertz CT molecular complexity index is 750. The highest BCUT2D eigenvalue weighted by molar-refractivity contribution is 7.13. The standard InChI is InChI=1S/C21H31N5OS/c1-24(2)9-8-22-20(27)14-19-16-28-21(23-19)18-6-4-17(5-7-18)15-26-12-10-25(3)11-13-26/h4-7,16H,8-15H2,1-3H3,(H,22,27). The van der Waals surface area contributed by atoms with Crippen LogP contribution in [0.4, 0.5) is 0 Å². The van der Waals surface area contributed by atoms with E-state index in [0.29, 0.717) is 13.0 Å². The van der Waals surface area contributed by atoms with Gasteiger partial charge in [-0.1, -0.05) is 24.3 Å². The van der Waals surface area contributed by atoms with Gasteiger partial charge in [0.2, 0.25) is 5.91 Å². The Balaban J connectivity index is 1.51. The van der Waals surface area contributed by atoms with Gasteiger partial charge in [0, 0.05) is 56.8 Å². The Morgan fingerprint density at radius 1 is 1.18 bits per heavy atom. The lowest BCUT2D eigenvalue weighted by Gasteiger charge is -2.32. The Morgan fingerprint density at radius 3 is 2.57 bits per heavy atom. The normalized spacial score (nSPS) is 15.9. The number of nitrogens with zero attached hydrogens (tertiary/aromatic N) is 4. The third kappa shape index (κ3) is 6.38. The van der Waals surface area contributed by atoms with Gasteiger partial charge in [0.05, 0.1) is 12.1 Å². The third-order valence-electron chi connectivity index (χ3n) is 4.98. The SMILES string of the molecule is CN(C)CCNC(=O)Cc1csc(-c2ccc(CN3CCN(C)CC3)cc2)n1. The van der Waals surface area contributed by atoms with Crippen molar-refractivity contribution in [3.8, 4) is 10.6 Å². The number of rotatable bonds is 8. The maximum Gasteiger partial charge on any atom is 0.226 e. The molecule has 1 aromatic carbocycles. The minimum absolute atomic E-state index is 0.0289. The molecule has 0 spiro atoms. The number of likely N-dealkylation sites (N-methyl/N-ethyl adjacent to an activating group) is 2. The zero-order valence-electron chi connectivity index (χ0n) is 17.1. The number of benzene rings is 1. The third-order valence-corrected chi connectivity index (χ3v) is 5.92. The van der Waals surface area contributed by atoms with E-state index in [1.807, 2.05) is 19.5 Å². The van der Waals surface area contributed by atoms with Crippen molar-refractivity contribution in [1.29, 1.82) is 0 Å². The van der Waals surface area contributed by atoms with Gasteiger partial charge in [-0.2, -0.15) is 0 Å². The zero-order chi connectivity index (χ0) is 19.9. The predicted octanol–water partition coefficient (Wildman–Crippen LogP) is 1.78. The molecule has 1 aromatic heterocycles. The van der Waals surface area contributed by atoms with Crippen molar-refractivity contribution in [1.82, 2.24) is 25.0 Å². The van der Waals surface area contributed by atoms with Crippen LogP contribution in [0.25, 0.3) is 10.6 Å². The van der Waals surface area contributed by atoms with E-state index in [-0.39, 0.29) is 5.91 Å². The number of aromatic nitrogens is 1. The van der Waals surface area contributed by atoms with Gasteiger partial charge in [0.15, 0.2) is 0 Å². The van der Waals surface area contributed by atoms with Gasteiger partial charge < -0.3 is 15.1 Å². The number of carbonyl (C=O) groups is 1. The van der Waals surface area contributed by atoms with Crippen LogP contribution in [0.5, 0.6) is 0 Å². The topological polar surface area (TPSA) is 51.7 Å². The molecule has 0 unspecified atom stereocenters. The molecular weight excluding hydrogens is 370 g/mol. The van der Waals surface area contributed by atoms with E-state index in [1.54, 1.807) is 11.3 Å². The monoisotopic (exact) mass is 401 g/mol. The molecule has 1 aliphatic rings. The average Bonchev–Trinajstić information content (AvgIpc) is 3.12. The van der Waals surface area contributed by atoms with Crippen LogP contribution in [-0.4, -0.2) is 86.0 Å². The fourth-order valence-electron chi connectivity index (χ4n) is 3.18. The van der Waals surface area contributed by atoms with Gasteiger partial charge in [-0.15, -0.1) is 11.3 Å². The summed E-state index contributed by atoms with van der Waals surface area (Å²) in [5, 5.41) is 5.90. The molecule has 3 rings (SSSR count). The number of amides is 1. The highest BCUT2D eigenvalue weighted by Gasteiger charge is 2.14. The molecule has 0 bridgehead atoms. The lowest BCUT2D eigenvalue weighted by atomic mass is 10.1. The molecule has 0 atom stereocenters. The van der Waals surface area contributed by atoms with E-state index in [2.05, 4.69) is 56.3 Å². The minimum atomic E-state index is 0.0289. The van der Waals surface area contributed by atoms with E-state index in [0.717, 1.165) is 55.5 Å². The fourth-order valence-corrected chi connectivity index (χ4v) is 4.01. The molecule has 1 aliphatic heterocycles. The summed E-state index contributed by atoms with van der Waals surface area (Å²) in [4.78, 5) is 23.6. The molecule has 1 fully saturated rings. The Labute approximate surface area is 172 Å². The average molecular weight is 402 g/mol. The summed E-state index contributed by atoms with van der Waals surface area (Å²) < 4.78 is 0. The summed E-state index contributed by atoms with van der Waals surface area (Å²) >= 11 is 1.60. The largest absolute Gasteiger partial charge is 0.354 e. The quantitative estimate of drug-likeness (QED) is 0.731. The second kappa shape index (κ2) is 10.1. The summed E-state index contributed by atoms with van der Waals surface area (Å²) in [5.74, 6) is 0.0289. The Morgan fingerprint density at radius 2 is 1.89 bits per heavy atom. The lowest BCUT2D eigenvalue weighted by molar-refractivity contribution is -0.120. The van der Waals surface area contributed by atoms with Gasteiger partial charge in [0.1, 0.15) is 5.01 Å². The number of hydrogen-bond acceptors (Lipinski definition) is 6. The fraction of sp³-hybridized carbons (Fsp3) is 0.524. The molecule has 6 nitrogen and oxygen atoms in total. The predicted molar refractivity (Wildman–Crippen MR) is 116 cm³/mol. The Hall–Kier alpha value is -1.80. The van der Waals surface area contributed by atoms with Crippen LogP contribution in [0, 0.1) is 0 Å². The second-order valence-electron chi connectivity index (χ2n) is 7.75. The molecule has 1 amide bonds. The van der Waals surface area contributed by atoms with E-state index >= 15 is 0 Å². The van der Waals surface area contributed by atoms with Crippen LogP contribution in [0.15, 0.2) is 29.6 Å². The molecule has 2 aromatic rings. The first-order chi connectivity index (χ1) is 13.5. The van der Waals surface area contributed by atoms with Crippen molar-refractivity contribution < 1.29 is 4.79 Å². The summed E-state index contributed by atoms with van der Waals surface area (Å²) in [6, 6.07) is 8.68. The summed E-state index contributed by atoms with van der Waals surface area (Å²) in [5.41, 5.74) is 3.29. The maximum absolute atomic E-state index is 12.0. The van der Waals surface area contributed by atoms with Gasteiger partial charge >= 0.3 is 0 Å². The van der Waals surface area contributed by atoms with Crippen LogP contribution in [0.3, 0.4) is 0 Å². The molecular formula is C21H31N5OS. The van der Waals surface area contributed by atoms with E-state index in [9.17, 15) is 4.79 Å². The van der Waals surface area contributed by atoms with Crippen LogP contribution in [-0.2, 0) is 17.8 Å². The van der Waals surface area contributed by atoms with Crippen molar-refractivity contribution in [3.05, 3.63) is 40.9 Å². The lowest BCUT2D eigenvalue weighted by Crippen LogP contribution is -2.43. The molecule has 1 N–H and O–H groups in total. The molecule has 28 heavy (non-hydrogen) atoms. The van der Waals surface area contributed by atoms with E-state index in [4.69, 9.17) is 0 Å². The number of nitrogens with one attached hydrogen (secondary N) is 1. The van der Waals surface area contributed by atoms with Crippen LogP contribution in [0.1, 0.15) is 11.3 Å². The number of carbonyl (C=O) groups excluding carboxylic acids is 1. The van der Waals surface area contributed by atoms with Gasteiger partial charge in [-0.3, -0.25) is 9.69 Å². The first-order valence-electron chi connectivity index (χ1n) is 9.85. The Kier molecular flexibility index (Phi) is 7.56. The van der Waals surface area contributed by atoms with Crippen molar-refractivity contribution in [2.45, 2.75) is 13.0 Å². The smallest absolute Gasteiger partial charge is 0.226 e. The molecule has 0 saturated carbocycles. The molecule has 0 aliphatic carbocycles. The van der Waals surface area contributed by atoms with E-state index in [1.165, 1.54) is 5.56 Å². The molecule has 152 valence electrons. The van der Waals surface area contributed by atoms with Crippen molar-refractivity contribution in [2.75, 3.05) is 60.4 Å². The maximum atomic E-state index is 12.0. The first kappa shape index (κ1) is 20.9. The number of thiazole rings is 1. The molecule has 7 heteroatoms. The van der Waals surface area contributed by atoms with Crippen molar-refractivity contribution >= 4 is 17.2 Å². The summed E-state index contributed by atoms with van der Waals surface area (Å²) in [6.45, 7) is 7.05. The number of piperazine rings is 1. The van der Waals surface area contributed by atoms with Crippen LogP contribution >= 0.6 is 11.3 Å². The van der Waals surface area contributed by atoms with Crippen LogP contribution in [0.2, 0.25) is 0 Å². The second-order valence-corrected chi connectivity index (χ2v) is 8.61. The van der Waals surface area contributed by atoms with Gasteiger partial charge in [-0.05, 0) is 26.7 Å². The highest BCUT2D eigenvalue weighted by atomic mass is 32.1. The minimum Gasteiger partial charge on any atom is -0.354 e. The van der Waals surface area contributed by atoms with Crippen molar-refractivity contribution in [2.24, 2.45) is 0 Å². The zero-order valence-corrected chi connectivity index (χ0v) is 18.0. The summed E-state index contributed by atoms with van der Waals surface area (Å²) in [6.07, 6.45) is 0.339. The summed E-state index contributed by atoms with van der Waals surface area (Å²) in [7, 11) is 6.17. The first-order valence-corrected chi connectivity index (χ1v) is 10.7. The molecule has 0 radical (unpaired) electrons. The van der Waals surface area contributed by atoms with Gasteiger partial charge in [-0.25, -0.2) is 4.98 Å². The van der Waals surface area contributed by atoms with Crippen molar-refractivity contribution in [3.63, 3.8) is 0 Å². The van der Waals surface area contributed by atoms with Crippen LogP contribution < -0.4 is 5.32 Å².